The monoisotopic (exact) mass is 348 g/mol. The Morgan fingerprint density at radius 2 is 1.80 bits per heavy atom. The highest BCUT2D eigenvalue weighted by atomic mass is 32.1. The molecule has 0 fully saturated rings. The molecule has 4 rings (SSSR count). The van der Waals surface area contributed by atoms with Gasteiger partial charge in [-0.15, -0.1) is 11.3 Å². The maximum absolute atomic E-state index is 12.8. The van der Waals surface area contributed by atoms with Gasteiger partial charge in [0.2, 0.25) is 5.91 Å². The van der Waals surface area contributed by atoms with Crippen molar-refractivity contribution in [3.05, 3.63) is 76.3 Å². The third-order valence-electron chi connectivity index (χ3n) is 4.71. The third-order valence-corrected chi connectivity index (χ3v) is 5.92. The van der Waals surface area contributed by atoms with Crippen molar-refractivity contribution in [2.75, 3.05) is 6.54 Å². The molecule has 0 unspecified atom stereocenters. The van der Waals surface area contributed by atoms with Gasteiger partial charge in [-0.2, -0.15) is 0 Å². The molecule has 3 nitrogen and oxygen atoms in total. The molecule has 1 aliphatic rings. The van der Waals surface area contributed by atoms with Gasteiger partial charge in [0, 0.05) is 23.5 Å². The lowest BCUT2D eigenvalue weighted by Crippen LogP contribution is -2.36. The average molecular weight is 348 g/mol. The number of fused-ring (bicyclic) bond motifs is 1. The van der Waals surface area contributed by atoms with Gasteiger partial charge in [-0.05, 0) is 24.5 Å². The molecule has 0 aliphatic carbocycles. The van der Waals surface area contributed by atoms with Crippen LogP contribution in [0.5, 0.6) is 0 Å². The fourth-order valence-electron chi connectivity index (χ4n) is 3.25. The van der Waals surface area contributed by atoms with E-state index in [0.29, 0.717) is 6.42 Å². The number of benzene rings is 2. The molecule has 2 heterocycles. The van der Waals surface area contributed by atoms with E-state index >= 15 is 0 Å². The quantitative estimate of drug-likeness (QED) is 0.709. The molecule has 1 amide bonds. The molecule has 4 heteroatoms. The average Bonchev–Trinajstić information content (AvgIpc) is 3.02. The maximum Gasteiger partial charge on any atom is 0.228 e. The summed E-state index contributed by atoms with van der Waals surface area (Å²) < 4.78 is 0. The van der Waals surface area contributed by atoms with Gasteiger partial charge in [-0.3, -0.25) is 4.79 Å². The fourth-order valence-corrected chi connectivity index (χ4v) is 4.31. The van der Waals surface area contributed by atoms with Crippen LogP contribution < -0.4 is 0 Å². The second-order valence-corrected chi connectivity index (χ2v) is 7.49. The summed E-state index contributed by atoms with van der Waals surface area (Å²) in [6, 6.07) is 18.6. The zero-order valence-corrected chi connectivity index (χ0v) is 15.1. The Labute approximate surface area is 152 Å². The molecule has 1 aromatic heterocycles. The van der Waals surface area contributed by atoms with Crippen molar-refractivity contribution in [1.29, 1.82) is 0 Å². The van der Waals surface area contributed by atoms with Crippen LogP contribution in [0.3, 0.4) is 0 Å². The first kappa shape index (κ1) is 16.0. The maximum atomic E-state index is 12.8. The Kier molecular flexibility index (Phi) is 4.36. The van der Waals surface area contributed by atoms with Gasteiger partial charge >= 0.3 is 0 Å². The summed E-state index contributed by atoms with van der Waals surface area (Å²) in [7, 11) is 0. The Morgan fingerprint density at radius 1 is 1.08 bits per heavy atom. The Morgan fingerprint density at radius 3 is 2.60 bits per heavy atom. The van der Waals surface area contributed by atoms with Crippen LogP contribution in [0.2, 0.25) is 0 Å². The number of rotatable bonds is 3. The molecule has 0 N–H and O–H groups in total. The highest BCUT2D eigenvalue weighted by Crippen LogP contribution is 2.29. The van der Waals surface area contributed by atoms with E-state index in [1.54, 1.807) is 11.3 Å². The van der Waals surface area contributed by atoms with Crippen LogP contribution in [0, 0.1) is 6.92 Å². The number of aromatic nitrogens is 1. The summed E-state index contributed by atoms with van der Waals surface area (Å²) in [6.07, 6.45) is 1.39. The van der Waals surface area contributed by atoms with Crippen LogP contribution in [-0.2, 0) is 24.2 Å². The van der Waals surface area contributed by atoms with E-state index in [2.05, 4.69) is 35.3 Å². The summed E-state index contributed by atoms with van der Waals surface area (Å²) in [4.78, 5) is 20.5. The first-order chi connectivity index (χ1) is 12.2. The van der Waals surface area contributed by atoms with Gasteiger partial charge in [0.05, 0.1) is 12.1 Å². The Balaban J connectivity index is 1.49. The highest BCUT2D eigenvalue weighted by molar-refractivity contribution is 7.15. The zero-order chi connectivity index (χ0) is 17.2. The molecule has 25 heavy (non-hydrogen) atoms. The van der Waals surface area contributed by atoms with E-state index in [-0.39, 0.29) is 5.91 Å². The largest absolute Gasteiger partial charge is 0.338 e. The first-order valence-electron chi connectivity index (χ1n) is 8.57. The van der Waals surface area contributed by atoms with Crippen molar-refractivity contribution < 1.29 is 4.79 Å². The summed E-state index contributed by atoms with van der Waals surface area (Å²) >= 11 is 1.63. The second-order valence-electron chi connectivity index (χ2n) is 6.40. The summed E-state index contributed by atoms with van der Waals surface area (Å²) in [6.45, 7) is 3.52. The second kappa shape index (κ2) is 6.81. The number of hydrogen-bond acceptors (Lipinski definition) is 3. The smallest absolute Gasteiger partial charge is 0.228 e. The zero-order valence-electron chi connectivity index (χ0n) is 14.2. The molecule has 0 bridgehead atoms. The number of aryl methyl sites for hydroxylation is 1. The van der Waals surface area contributed by atoms with Crippen LogP contribution in [0.1, 0.15) is 21.7 Å². The molecule has 0 atom stereocenters. The minimum absolute atomic E-state index is 0.195. The van der Waals surface area contributed by atoms with Crippen LogP contribution in [0.25, 0.3) is 10.6 Å². The van der Waals surface area contributed by atoms with Crippen molar-refractivity contribution in [2.24, 2.45) is 0 Å². The number of hydrogen-bond donors (Lipinski definition) is 0. The van der Waals surface area contributed by atoms with E-state index in [4.69, 9.17) is 0 Å². The number of nitrogens with zero attached hydrogens (tertiary/aromatic N) is 2. The topological polar surface area (TPSA) is 33.2 Å². The highest BCUT2D eigenvalue weighted by Gasteiger charge is 2.22. The van der Waals surface area contributed by atoms with Crippen LogP contribution in [-0.4, -0.2) is 22.3 Å². The van der Waals surface area contributed by atoms with Gasteiger partial charge in [0.25, 0.3) is 0 Å². The third kappa shape index (κ3) is 3.35. The van der Waals surface area contributed by atoms with E-state index in [1.807, 2.05) is 36.1 Å². The SMILES string of the molecule is Cc1nc(-c2ccccc2)sc1CC(=O)N1CCc2ccccc2C1. The molecular formula is C21H20N2OS. The minimum Gasteiger partial charge on any atom is -0.338 e. The van der Waals surface area contributed by atoms with E-state index in [1.165, 1.54) is 11.1 Å². The number of thiazole rings is 1. The molecule has 0 saturated heterocycles. The van der Waals surface area contributed by atoms with Crippen molar-refractivity contribution in [1.82, 2.24) is 9.88 Å². The number of amides is 1. The van der Waals surface area contributed by atoms with Gasteiger partial charge in [-0.1, -0.05) is 54.6 Å². The van der Waals surface area contributed by atoms with Crippen molar-refractivity contribution >= 4 is 17.2 Å². The predicted molar refractivity (Wildman–Crippen MR) is 102 cm³/mol. The number of carbonyl (C=O) groups is 1. The molecule has 2 aromatic carbocycles. The fraction of sp³-hybridized carbons (Fsp3) is 0.238. The van der Waals surface area contributed by atoms with Crippen molar-refractivity contribution in [2.45, 2.75) is 26.3 Å². The lowest BCUT2D eigenvalue weighted by molar-refractivity contribution is -0.131. The van der Waals surface area contributed by atoms with E-state index in [9.17, 15) is 4.79 Å². The molecule has 126 valence electrons. The van der Waals surface area contributed by atoms with Gasteiger partial charge in [-0.25, -0.2) is 4.98 Å². The molecule has 0 saturated carbocycles. The van der Waals surface area contributed by atoms with Crippen molar-refractivity contribution in [3.63, 3.8) is 0 Å². The van der Waals surface area contributed by atoms with E-state index in [0.717, 1.165) is 40.7 Å². The van der Waals surface area contributed by atoms with Crippen LogP contribution in [0.15, 0.2) is 54.6 Å². The summed E-state index contributed by atoms with van der Waals surface area (Å²) in [5, 5.41) is 0.991. The molecule has 3 aromatic rings. The minimum atomic E-state index is 0.195. The van der Waals surface area contributed by atoms with Gasteiger partial charge in [0.1, 0.15) is 5.01 Å². The molecule has 0 spiro atoms. The lowest BCUT2D eigenvalue weighted by atomic mass is 10.00. The molecule has 1 aliphatic heterocycles. The van der Waals surface area contributed by atoms with Crippen molar-refractivity contribution in [3.8, 4) is 10.6 Å². The Hall–Kier alpha value is -2.46. The predicted octanol–water partition coefficient (Wildman–Crippen LogP) is 4.25. The van der Waals surface area contributed by atoms with Gasteiger partial charge in [0.15, 0.2) is 0 Å². The standard InChI is InChI=1S/C21H20N2OS/c1-15-19(25-21(22-15)17-8-3-2-4-9-17)13-20(24)23-12-11-16-7-5-6-10-18(16)14-23/h2-10H,11-14H2,1H3. The van der Waals surface area contributed by atoms with Crippen LogP contribution in [0.4, 0.5) is 0 Å². The van der Waals surface area contributed by atoms with Gasteiger partial charge < -0.3 is 4.90 Å². The van der Waals surface area contributed by atoms with Crippen LogP contribution >= 0.6 is 11.3 Å². The molecular weight excluding hydrogens is 328 g/mol. The van der Waals surface area contributed by atoms with E-state index < -0.39 is 0 Å². The normalized spacial score (nSPS) is 13.6. The Bertz CT molecular complexity index is 901. The lowest BCUT2D eigenvalue weighted by Gasteiger charge is -2.28. The number of carbonyl (C=O) groups excluding carboxylic acids is 1. The molecule has 0 radical (unpaired) electrons. The summed E-state index contributed by atoms with van der Waals surface area (Å²) in [5.41, 5.74) is 4.72. The first-order valence-corrected chi connectivity index (χ1v) is 9.38. The summed E-state index contributed by atoms with van der Waals surface area (Å²) in [5.74, 6) is 0.195.